The molecular formula is C24H25FN2O3. The number of halogens is 1. The van der Waals surface area contributed by atoms with Crippen molar-refractivity contribution in [2.45, 2.75) is 32.3 Å². The van der Waals surface area contributed by atoms with Crippen LogP contribution in [0.15, 0.2) is 48.7 Å². The van der Waals surface area contributed by atoms with Gasteiger partial charge in [-0.3, -0.25) is 9.78 Å². The second-order valence-electron chi connectivity index (χ2n) is 7.48. The maximum atomic E-state index is 14.0. The van der Waals surface area contributed by atoms with Gasteiger partial charge in [-0.2, -0.15) is 0 Å². The lowest BCUT2D eigenvalue weighted by Crippen LogP contribution is -2.41. The molecule has 1 aliphatic heterocycles. The number of carbonyl (C=O) groups is 1. The van der Waals surface area contributed by atoms with Crippen LogP contribution < -0.4 is 9.47 Å². The van der Waals surface area contributed by atoms with Crippen LogP contribution in [0.4, 0.5) is 4.39 Å². The van der Waals surface area contributed by atoms with E-state index in [2.05, 4.69) is 4.98 Å². The lowest BCUT2D eigenvalue weighted by molar-refractivity contribution is -0.132. The fourth-order valence-corrected chi connectivity index (χ4v) is 3.81. The molecule has 3 aromatic rings. The van der Waals surface area contributed by atoms with E-state index in [4.69, 9.17) is 9.47 Å². The van der Waals surface area contributed by atoms with Crippen molar-refractivity contribution in [3.8, 4) is 22.6 Å². The highest BCUT2D eigenvalue weighted by Crippen LogP contribution is 2.29. The molecule has 2 heterocycles. The Morgan fingerprint density at radius 2 is 1.87 bits per heavy atom. The van der Waals surface area contributed by atoms with E-state index in [1.165, 1.54) is 13.2 Å². The number of rotatable bonds is 5. The number of methoxy groups -OCH3 is 1. The third-order valence-electron chi connectivity index (χ3n) is 5.54. The lowest BCUT2D eigenvalue weighted by Gasteiger charge is -2.32. The van der Waals surface area contributed by atoms with Crippen LogP contribution in [0.25, 0.3) is 22.0 Å². The number of hydrogen-bond acceptors (Lipinski definition) is 4. The molecule has 0 N–H and O–H groups in total. The van der Waals surface area contributed by atoms with Gasteiger partial charge in [0.2, 0.25) is 5.91 Å². The molecule has 0 bridgehead atoms. The maximum absolute atomic E-state index is 14.0. The van der Waals surface area contributed by atoms with E-state index >= 15 is 0 Å². The van der Waals surface area contributed by atoms with Crippen molar-refractivity contribution in [2.24, 2.45) is 0 Å². The molecule has 0 saturated carbocycles. The van der Waals surface area contributed by atoms with Crippen LogP contribution >= 0.6 is 0 Å². The summed E-state index contributed by atoms with van der Waals surface area (Å²) in [5.74, 6) is 0.803. The molecule has 0 atom stereocenters. The number of pyridine rings is 1. The zero-order chi connectivity index (χ0) is 21.1. The number of aromatic nitrogens is 1. The number of piperidine rings is 1. The summed E-state index contributed by atoms with van der Waals surface area (Å²) in [5.41, 5.74) is 2.58. The Morgan fingerprint density at radius 1 is 1.13 bits per heavy atom. The Kier molecular flexibility index (Phi) is 5.84. The van der Waals surface area contributed by atoms with Gasteiger partial charge in [0.05, 0.1) is 12.6 Å². The summed E-state index contributed by atoms with van der Waals surface area (Å²) in [6.45, 7) is 3.39. The minimum Gasteiger partial charge on any atom is -0.494 e. The van der Waals surface area contributed by atoms with Gasteiger partial charge in [0.25, 0.3) is 0 Å². The SMILES string of the molecule is CCC(=O)N1CCC(Oc2ccc(-c3cnc4cc(OC)c(F)cc4c3)cc2)CC1. The van der Waals surface area contributed by atoms with E-state index < -0.39 is 5.82 Å². The standard InChI is InChI=1S/C24H25FN2O3/c1-3-24(28)27-10-8-20(9-11-27)30-19-6-4-16(5-7-19)18-12-17-13-21(25)23(29-2)14-22(17)26-15-18/h4-7,12-15,20H,3,8-11H2,1-2H3. The summed E-state index contributed by atoms with van der Waals surface area (Å²) in [5, 5.41) is 0.722. The van der Waals surface area contributed by atoms with Crippen LogP contribution in [0.5, 0.6) is 11.5 Å². The van der Waals surface area contributed by atoms with Crippen LogP contribution in [0, 0.1) is 5.82 Å². The topological polar surface area (TPSA) is 51.7 Å². The molecule has 0 unspecified atom stereocenters. The number of ether oxygens (including phenoxy) is 2. The van der Waals surface area contributed by atoms with E-state index in [0.29, 0.717) is 11.9 Å². The molecule has 1 fully saturated rings. The largest absolute Gasteiger partial charge is 0.494 e. The highest BCUT2D eigenvalue weighted by atomic mass is 19.1. The number of nitrogens with zero attached hydrogens (tertiary/aromatic N) is 2. The lowest BCUT2D eigenvalue weighted by atomic mass is 10.0. The van der Waals surface area contributed by atoms with Gasteiger partial charge in [0.1, 0.15) is 11.9 Å². The van der Waals surface area contributed by atoms with Gasteiger partial charge < -0.3 is 14.4 Å². The van der Waals surface area contributed by atoms with E-state index in [1.54, 1.807) is 12.3 Å². The Morgan fingerprint density at radius 3 is 2.53 bits per heavy atom. The first kappa shape index (κ1) is 20.1. The zero-order valence-electron chi connectivity index (χ0n) is 17.2. The maximum Gasteiger partial charge on any atom is 0.222 e. The summed E-state index contributed by atoms with van der Waals surface area (Å²) in [6.07, 6.45) is 4.14. The zero-order valence-corrected chi connectivity index (χ0v) is 17.2. The fourth-order valence-electron chi connectivity index (χ4n) is 3.81. The summed E-state index contributed by atoms with van der Waals surface area (Å²) in [6, 6.07) is 12.8. The van der Waals surface area contributed by atoms with Crippen LogP contribution in [-0.2, 0) is 4.79 Å². The van der Waals surface area contributed by atoms with Crippen molar-refractivity contribution in [1.29, 1.82) is 0 Å². The second-order valence-corrected chi connectivity index (χ2v) is 7.48. The Bertz CT molecular complexity index is 1040. The number of benzene rings is 2. The molecule has 0 aliphatic carbocycles. The predicted octanol–water partition coefficient (Wildman–Crippen LogP) is 4.83. The smallest absolute Gasteiger partial charge is 0.222 e. The number of carbonyl (C=O) groups excluding carboxylic acids is 1. The predicted molar refractivity (Wildman–Crippen MR) is 114 cm³/mol. The summed E-state index contributed by atoms with van der Waals surface area (Å²) >= 11 is 0. The van der Waals surface area contributed by atoms with E-state index in [1.807, 2.05) is 42.2 Å². The molecule has 1 saturated heterocycles. The number of hydrogen-bond donors (Lipinski definition) is 0. The van der Waals surface area contributed by atoms with Crippen molar-refractivity contribution in [1.82, 2.24) is 9.88 Å². The van der Waals surface area contributed by atoms with Crippen molar-refractivity contribution < 1.29 is 18.7 Å². The van der Waals surface area contributed by atoms with Crippen molar-refractivity contribution in [3.05, 3.63) is 54.5 Å². The first-order valence-electron chi connectivity index (χ1n) is 10.3. The minimum atomic E-state index is -0.403. The van der Waals surface area contributed by atoms with Gasteiger partial charge in [-0.1, -0.05) is 19.1 Å². The van der Waals surface area contributed by atoms with E-state index in [-0.39, 0.29) is 17.8 Å². The summed E-state index contributed by atoms with van der Waals surface area (Å²) in [4.78, 5) is 18.1. The van der Waals surface area contributed by atoms with Crippen LogP contribution in [-0.4, -0.2) is 42.1 Å². The molecule has 0 spiro atoms. The van der Waals surface area contributed by atoms with Crippen molar-refractivity contribution in [3.63, 3.8) is 0 Å². The van der Waals surface area contributed by atoms with E-state index in [0.717, 1.165) is 48.2 Å². The summed E-state index contributed by atoms with van der Waals surface area (Å²) < 4.78 is 25.1. The van der Waals surface area contributed by atoms with Gasteiger partial charge in [-0.15, -0.1) is 0 Å². The first-order chi connectivity index (χ1) is 14.6. The monoisotopic (exact) mass is 408 g/mol. The normalized spacial score (nSPS) is 14.7. The first-order valence-corrected chi connectivity index (χ1v) is 10.3. The molecule has 2 aromatic carbocycles. The molecule has 156 valence electrons. The molecule has 30 heavy (non-hydrogen) atoms. The molecule has 5 nitrogen and oxygen atoms in total. The van der Waals surface area contributed by atoms with Gasteiger partial charge in [-0.05, 0) is 29.8 Å². The molecule has 0 radical (unpaired) electrons. The van der Waals surface area contributed by atoms with Gasteiger partial charge >= 0.3 is 0 Å². The van der Waals surface area contributed by atoms with Crippen molar-refractivity contribution >= 4 is 16.8 Å². The number of amides is 1. The van der Waals surface area contributed by atoms with E-state index in [9.17, 15) is 9.18 Å². The molecule has 1 amide bonds. The van der Waals surface area contributed by atoms with Gasteiger partial charge in [0, 0.05) is 55.6 Å². The van der Waals surface area contributed by atoms with Crippen LogP contribution in [0.2, 0.25) is 0 Å². The molecule has 1 aliphatic rings. The highest BCUT2D eigenvalue weighted by Gasteiger charge is 2.22. The number of fused-ring (bicyclic) bond motifs is 1. The minimum absolute atomic E-state index is 0.122. The van der Waals surface area contributed by atoms with Crippen LogP contribution in [0.1, 0.15) is 26.2 Å². The third-order valence-corrected chi connectivity index (χ3v) is 5.54. The Labute approximate surface area is 175 Å². The summed E-state index contributed by atoms with van der Waals surface area (Å²) in [7, 11) is 1.44. The van der Waals surface area contributed by atoms with Gasteiger partial charge in [-0.25, -0.2) is 4.39 Å². The van der Waals surface area contributed by atoms with Gasteiger partial charge in [0.15, 0.2) is 11.6 Å². The second kappa shape index (κ2) is 8.69. The average Bonchev–Trinajstić information content (AvgIpc) is 2.78. The average molecular weight is 408 g/mol. The number of likely N-dealkylation sites (tertiary alicyclic amines) is 1. The quantitative estimate of drug-likeness (QED) is 0.607. The molecule has 1 aromatic heterocycles. The molecule has 6 heteroatoms. The van der Waals surface area contributed by atoms with Crippen molar-refractivity contribution in [2.75, 3.05) is 20.2 Å². The fraction of sp³-hybridized carbons (Fsp3) is 0.333. The molecule has 4 rings (SSSR count). The third kappa shape index (κ3) is 4.22. The highest BCUT2D eigenvalue weighted by molar-refractivity contribution is 5.84. The Balaban J connectivity index is 1.44. The molecular weight excluding hydrogens is 383 g/mol. The Hall–Kier alpha value is -3.15. The van der Waals surface area contributed by atoms with Crippen LogP contribution in [0.3, 0.4) is 0 Å².